The third-order valence-electron chi connectivity index (χ3n) is 3.99. The van der Waals surface area contributed by atoms with Gasteiger partial charge in [0.25, 0.3) is 0 Å². The number of halogens is 1. The molecule has 0 atom stereocenters. The molecule has 1 N–H and O–H groups in total. The van der Waals surface area contributed by atoms with E-state index in [4.69, 9.17) is 25.8 Å². The molecule has 134 valence electrons. The van der Waals surface area contributed by atoms with Crippen LogP contribution in [0.2, 0.25) is 5.02 Å². The SMILES string of the molecule is Clc1cc2c(cc1-c1nccn1-c1ccc(Oc3nn[nH]n3)cc1)OCO2. The molecule has 0 aliphatic carbocycles. The molecule has 2 aromatic carbocycles. The number of benzene rings is 2. The van der Waals surface area contributed by atoms with Gasteiger partial charge < -0.3 is 14.2 Å². The normalized spacial score (nSPS) is 12.3. The van der Waals surface area contributed by atoms with Crippen molar-refractivity contribution in [2.24, 2.45) is 0 Å². The first-order chi connectivity index (χ1) is 13.3. The molecule has 0 fully saturated rings. The predicted octanol–water partition coefficient (Wildman–Crippen LogP) is 3.23. The van der Waals surface area contributed by atoms with Gasteiger partial charge in [-0.15, -0.1) is 0 Å². The molecular weight excluding hydrogens is 372 g/mol. The standard InChI is InChI=1S/C17H11ClN6O3/c18-13-8-15-14(25-9-26-15)7-12(13)16-19-5-6-24(16)10-1-3-11(4-2-10)27-17-20-22-23-21-17/h1-8H,9H2,(H,20,21,22,23). The number of hydrogen-bond acceptors (Lipinski definition) is 7. The molecule has 1 aliphatic heterocycles. The average molecular weight is 383 g/mol. The Labute approximate surface area is 157 Å². The summed E-state index contributed by atoms with van der Waals surface area (Å²) in [6, 6.07) is 11.1. The number of imidazole rings is 1. The van der Waals surface area contributed by atoms with Crippen molar-refractivity contribution in [1.82, 2.24) is 30.2 Å². The maximum atomic E-state index is 6.43. The van der Waals surface area contributed by atoms with Gasteiger partial charge in [-0.05, 0) is 35.5 Å². The lowest BCUT2D eigenvalue weighted by atomic mass is 10.1. The fraction of sp³-hybridized carbons (Fsp3) is 0.0588. The molecule has 0 unspecified atom stereocenters. The van der Waals surface area contributed by atoms with E-state index in [1.165, 1.54) is 0 Å². The zero-order valence-corrected chi connectivity index (χ0v) is 14.4. The molecule has 4 aromatic rings. The van der Waals surface area contributed by atoms with E-state index in [2.05, 4.69) is 25.6 Å². The number of nitrogens with zero attached hydrogens (tertiary/aromatic N) is 5. The minimum Gasteiger partial charge on any atom is -0.454 e. The van der Waals surface area contributed by atoms with Crippen LogP contribution in [0.1, 0.15) is 0 Å². The number of H-pyrrole nitrogens is 1. The first-order valence-electron chi connectivity index (χ1n) is 7.92. The summed E-state index contributed by atoms with van der Waals surface area (Å²) in [4.78, 5) is 4.45. The summed E-state index contributed by atoms with van der Waals surface area (Å²) in [5.41, 5.74) is 1.63. The van der Waals surface area contributed by atoms with Gasteiger partial charge in [0.2, 0.25) is 6.79 Å². The Morgan fingerprint density at radius 1 is 1.11 bits per heavy atom. The van der Waals surface area contributed by atoms with Crippen molar-refractivity contribution in [3.8, 4) is 40.3 Å². The van der Waals surface area contributed by atoms with Crippen LogP contribution in [-0.2, 0) is 0 Å². The van der Waals surface area contributed by atoms with Gasteiger partial charge in [-0.25, -0.2) is 4.98 Å². The zero-order chi connectivity index (χ0) is 18.2. The quantitative estimate of drug-likeness (QED) is 0.578. The van der Waals surface area contributed by atoms with Crippen molar-refractivity contribution < 1.29 is 14.2 Å². The summed E-state index contributed by atoms with van der Waals surface area (Å²) in [7, 11) is 0. The molecule has 1 aliphatic rings. The summed E-state index contributed by atoms with van der Waals surface area (Å²) >= 11 is 6.43. The van der Waals surface area contributed by atoms with Gasteiger partial charge in [-0.1, -0.05) is 21.8 Å². The Balaban J connectivity index is 1.48. The highest BCUT2D eigenvalue weighted by molar-refractivity contribution is 6.33. The Morgan fingerprint density at radius 3 is 2.70 bits per heavy atom. The number of fused-ring (bicyclic) bond motifs is 1. The number of hydrogen-bond donors (Lipinski definition) is 1. The topological polar surface area (TPSA) is 100.0 Å². The zero-order valence-electron chi connectivity index (χ0n) is 13.7. The summed E-state index contributed by atoms with van der Waals surface area (Å²) in [5, 5.41) is 13.8. The van der Waals surface area contributed by atoms with Gasteiger partial charge in [-0.3, -0.25) is 4.57 Å². The Morgan fingerprint density at radius 2 is 1.93 bits per heavy atom. The van der Waals surface area contributed by atoms with E-state index in [9.17, 15) is 0 Å². The highest BCUT2D eigenvalue weighted by Gasteiger charge is 2.20. The lowest BCUT2D eigenvalue weighted by Gasteiger charge is -2.11. The molecule has 10 heteroatoms. The first-order valence-corrected chi connectivity index (χ1v) is 8.30. The van der Waals surface area contributed by atoms with Gasteiger partial charge in [-0.2, -0.15) is 5.21 Å². The summed E-state index contributed by atoms with van der Waals surface area (Å²) in [6.07, 6.45) is 3.56. The average Bonchev–Trinajstić information content (AvgIpc) is 3.43. The lowest BCUT2D eigenvalue weighted by molar-refractivity contribution is 0.174. The van der Waals surface area contributed by atoms with E-state index in [1.807, 2.05) is 29.0 Å². The van der Waals surface area contributed by atoms with Gasteiger partial charge >= 0.3 is 6.01 Å². The number of tetrazole rings is 1. The number of rotatable bonds is 4. The van der Waals surface area contributed by atoms with E-state index in [0.717, 1.165) is 11.3 Å². The van der Waals surface area contributed by atoms with Gasteiger partial charge in [0.1, 0.15) is 11.6 Å². The van der Waals surface area contributed by atoms with Crippen molar-refractivity contribution in [1.29, 1.82) is 0 Å². The number of aromatic amines is 1. The molecule has 0 saturated carbocycles. The monoisotopic (exact) mass is 382 g/mol. The fourth-order valence-corrected chi connectivity index (χ4v) is 3.01. The number of ether oxygens (including phenoxy) is 3. The Kier molecular flexibility index (Phi) is 3.65. The smallest absolute Gasteiger partial charge is 0.361 e. The third kappa shape index (κ3) is 2.83. The van der Waals surface area contributed by atoms with E-state index in [-0.39, 0.29) is 12.8 Å². The number of aromatic nitrogens is 6. The van der Waals surface area contributed by atoms with Crippen LogP contribution in [0.15, 0.2) is 48.8 Å². The second-order valence-electron chi connectivity index (χ2n) is 5.60. The summed E-state index contributed by atoms with van der Waals surface area (Å²) in [5.74, 6) is 2.55. The van der Waals surface area contributed by atoms with Gasteiger partial charge in [0.05, 0.1) is 5.02 Å². The van der Waals surface area contributed by atoms with Crippen molar-refractivity contribution in [2.75, 3.05) is 6.79 Å². The molecule has 2 aromatic heterocycles. The first kappa shape index (κ1) is 15.6. The van der Waals surface area contributed by atoms with Crippen molar-refractivity contribution in [2.45, 2.75) is 0 Å². The summed E-state index contributed by atoms with van der Waals surface area (Å²) < 4.78 is 18.2. The highest BCUT2D eigenvalue weighted by atomic mass is 35.5. The van der Waals surface area contributed by atoms with E-state index < -0.39 is 0 Å². The van der Waals surface area contributed by atoms with Crippen molar-refractivity contribution >= 4 is 11.6 Å². The van der Waals surface area contributed by atoms with Crippen molar-refractivity contribution in [3.63, 3.8) is 0 Å². The lowest BCUT2D eigenvalue weighted by Crippen LogP contribution is -1.97. The maximum Gasteiger partial charge on any atom is 0.361 e. The van der Waals surface area contributed by atoms with E-state index in [0.29, 0.717) is 28.1 Å². The minimum absolute atomic E-state index is 0.151. The van der Waals surface area contributed by atoms with E-state index >= 15 is 0 Å². The van der Waals surface area contributed by atoms with Crippen LogP contribution >= 0.6 is 11.6 Å². The molecule has 27 heavy (non-hydrogen) atoms. The van der Waals surface area contributed by atoms with E-state index in [1.54, 1.807) is 24.4 Å². The van der Waals surface area contributed by atoms with Crippen LogP contribution in [0, 0.1) is 0 Å². The summed E-state index contributed by atoms with van der Waals surface area (Å²) in [6.45, 7) is 0.186. The molecule has 0 amide bonds. The second kappa shape index (κ2) is 6.29. The van der Waals surface area contributed by atoms with Crippen molar-refractivity contribution in [3.05, 3.63) is 53.8 Å². The highest BCUT2D eigenvalue weighted by Crippen LogP contribution is 2.40. The Bertz CT molecular complexity index is 1090. The number of nitrogens with one attached hydrogen (secondary N) is 1. The molecule has 3 heterocycles. The van der Waals surface area contributed by atoms with Gasteiger partial charge in [0, 0.05) is 29.7 Å². The minimum atomic E-state index is 0.151. The molecular formula is C17H11ClN6O3. The molecule has 0 spiro atoms. The molecule has 9 nitrogen and oxygen atoms in total. The predicted molar refractivity (Wildman–Crippen MR) is 94.4 cm³/mol. The Hall–Kier alpha value is -3.59. The van der Waals surface area contributed by atoms with Gasteiger partial charge in [0.15, 0.2) is 11.5 Å². The second-order valence-corrected chi connectivity index (χ2v) is 6.00. The molecule has 0 radical (unpaired) electrons. The molecule has 5 rings (SSSR count). The molecule has 0 saturated heterocycles. The van der Waals surface area contributed by atoms with Crippen LogP contribution in [0.5, 0.6) is 23.3 Å². The third-order valence-corrected chi connectivity index (χ3v) is 4.31. The van der Waals surface area contributed by atoms with Crippen LogP contribution in [0.4, 0.5) is 0 Å². The van der Waals surface area contributed by atoms with Crippen LogP contribution in [-0.4, -0.2) is 37.0 Å². The molecule has 0 bridgehead atoms. The van der Waals surface area contributed by atoms with Crippen LogP contribution < -0.4 is 14.2 Å². The maximum absolute atomic E-state index is 6.43. The fourth-order valence-electron chi connectivity index (χ4n) is 2.78. The van der Waals surface area contributed by atoms with Crippen LogP contribution in [0.3, 0.4) is 0 Å². The van der Waals surface area contributed by atoms with Crippen LogP contribution in [0.25, 0.3) is 17.1 Å². The largest absolute Gasteiger partial charge is 0.454 e.